The number of aromatic nitrogens is 1. The molecule has 166 valence electrons. The Hall–Kier alpha value is -1.03. The minimum absolute atomic E-state index is 0.0943. The number of rotatable bonds is 8. The molecule has 1 N–H and O–H groups in total. The van der Waals surface area contributed by atoms with Gasteiger partial charge in [-0.15, -0.1) is 0 Å². The molecule has 0 aromatic carbocycles. The van der Waals surface area contributed by atoms with E-state index in [1.807, 2.05) is 13.0 Å². The van der Waals surface area contributed by atoms with Gasteiger partial charge in [0.25, 0.3) is 5.91 Å². The van der Waals surface area contributed by atoms with Crippen molar-refractivity contribution in [2.75, 3.05) is 6.61 Å². The van der Waals surface area contributed by atoms with Gasteiger partial charge in [0, 0.05) is 6.20 Å². The molecule has 29 heavy (non-hydrogen) atoms. The highest BCUT2D eigenvalue weighted by molar-refractivity contribution is 6.74. The van der Waals surface area contributed by atoms with Gasteiger partial charge in [0.2, 0.25) is 0 Å². The van der Waals surface area contributed by atoms with Crippen molar-refractivity contribution in [1.29, 1.82) is 0 Å². The van der Waals surface area contributed by atoms with Gasteiger partial charge in [0.1, 0.15) is 5.69 Å². The van der Waals surface area contributed by atoms with E-state index < -0.39 is 16.6 Å². The third-order valence-corrected chi connectivity index (χ3v) is 15.6. The maximum atomic E-state index is 12.8. The molecule has 0 radical (unpaired) electrons. The van der Waals surface area contributed by atoms with Crippen LogP contribution in [0.15, 0.2) is 24.4 Å². The predicted molar refractivity (Wildman–Crippen MR) is 126 cm³/mol. The lowest BCUT2D eigenvalue weighted by Gasteiger charge is -2.42. The maximum absolute atomic E-state index is 12.8. The second-order valence-electron chi connectivity index (χ2n) is 10.9. The van der Waals surface area contributed by atoms with Crippen molar-refractivity contribution in [1.82, 2.24) is 10.3 Å². The minimum Gasteiger partial charge on any atom is -0.415 e. The molecule has 0 saturated heterocycles. The van der Waals surface area contributed by atoms with E-state index in [9.17, 15) is 4.79 Å². The molecule has 0 aliphatic rings. The summed E-state index contributed by atoms with van der Waals surface area (Å²) in [6.07, 6.45) is 1.47. The lowest BCUT2D eigenvalue weighted by molar-refractivity contribution is 0.0787. The lowest BCUT2D eigenvalue weighted by Crippen LogP contribution is -2.54. The fourth-order valence-corrected chi connectivity index (χ4v) is 4.75. The Morgan fingerprint density at radius 1 is 1.03 bits per heavy atom. The Kier molecular flexibility index (Phi) is 8.44. The van der Waals surface area contributed by atoms with E-state index in [1.54, 1.807) is 18.3 Å². The summed E-state index contributed by atoms with van der Waals surface area (Å²) in [6, 6.07) is 5.10. The molecule has 5 nitrogen and oxygen atoms in total. The van der Waals surface area contributed by atoms with Crippen molar-refractivity contribution < 1.29 is 13.6 Å². The van der Waals surface area contributed by atoms with Crippen LogP contribution in [0.1, 0.15) is 59.0 Å². The molecule has 1 amide bonds. The van der Waals surface area contributed by atoms with Gasteiger partial charge in [-0.25, -0.2) is 0 Å². The zero-order valence-corrected chi connectivity index (χ0v) is 22.3. The Labute approximate surface area is 180 Å². The Morgan fingerprint density at radius 2 is 1.59 bits per heavy atom. The molecule has 0 unspecified atom stereocenters. The van der Waals surface area contributed by atoms with Gasteiger partial charge in [-0.1, -0.05) is 47.6 Å². The molecule has 1 aromatic rings. The van der Waals surface area contributed by atoms with Crippen LogP contribution in [0.4, 0.5) is 0 Å². The summed E-state index contributed by atoms with van der Waals surface area (Å²) in [4.78, 5) is 17.0. The number of nitrogens with one attached hydrogen (secondary N) is 1. The van der Waals surface area contributed by atoms with Gasteiger partial charge in [-0.3, -0.25) is 9.78 Å². The Bertz CT molecular complexity index is 665. The molecular weight excluding hydrogens is 396 g/mol. The van der Waals surface area contributed by atoms with Crippen molar-refractivity contribution in [2.24, 2.45) is 0 Å². The third-order valence-electron chi connectivity index (χ3n) is 6.50. The molecule has 0 saturated carbocycles. The molecule has 0 aliphatic heterocycles. The Balaban J connectivity index is 3.02. The number of hydrogen-bond donors (Lipinski definition) is 1. The second-order valence-corrected chi connectivity index (χ2v) is 20.5. The maximum Gasteiger partial charge on any atom is 0.270 e. The van der Waals surface area contributed by atoms with Crippen LogP contribution in [-0.4, -0.2) is 46.3 Å². The van der Waals surface area contributed by atoms with Crippen molar-refractivity contribution in [3.8, 4) is 0 Å². The number of carbonyl (C=O) groups is 1. The average molecular weight is 439 g/mol. The first-order chi connectivity index (χ1) is 13.0. The van der Waals surface area contributed by atoms with Crippen molar-refractivity contribution in [2.45, 2.75) is 96.9 Å². The SMILES string of the molecule is C[C@@H](O[Si](C)(C)C(C)(C)C)[C@@H](CO[Si](C)(C)C(C)(C)C)NC(=O)c1ccccn1. The summed E-state index contributed by atoms with van der Waals surface area (Å²) in [6.45, 7) is 24.7. The minimum atomic E-state index is -1.98. The standard InChI is InChI=1S/C22H42N2O3Si2/c1-17(27-29(10,11)22(5,6)7)19(16-26-28(8,9)21(2,3)4)24-20(25)18-14-12-13-15-23-18/h12-15,17,19H,16H2,1-11H3,(H,24,25)/t17-,19-/m1/s1. The molecule has 2 atom stereocenters. The van der Waals surface area contributed by atoms with Crippen LogP contribution in [0, 0.1) is 0 Å². The molecular formula is C22H42N2O3Si2. The van der Waals surface area contributed by atoms with Gasteiger partial charge in [-0.05, 0) is 55.3 Å². The van der Waals surface area contributed by atoms with Crippen LogP contribution in [0.3, 0.4) is 0 Å². The first kappa shape index (κ1) is 26.0. The summed E-state index contributed by atoms with van der Waals surface area (Å²) < 4.78 is 13.0. The van der Waals surface area contributed by atoms with E-state index >= 15 is 0 Å². The highest BCUT2D eigenvalue weighted by Gasteiger charge is 2.41. The summed E-state index contributed by atoms with van der Waals surface area (Å²) in [7, 11) is -3.93. The summed E-state index contributed by atoms with van der Waals surface area (Å²) in [5.74, 6) is -0.194. The van der Waals surface area contributed by atoms with Crippen LogP contribution in [0.25, 0.3) is 0 Å². The van der Waals surface area contributed by atoms with Gasteiger partial charge in [0.05, 0.1) is 18.8 Å². The molecule has 0 fully saturated rings. The Morgan fingerprint density at radius 3 is 2.03 bits per heavy atom. The van der Waals surface area contributed by atoms with Crippen molar-refractivity contribution in [3.63, 3.8) is 0 Å². The fraction of sp³-hybridized carbons (Fsp3) is 0.727. The molecule has 0 aliphatic carbocycles. The van der Waals surface area contributed by atoms with E-state index in [0.717, 1.165) is 0 Å². The highest BCUT2D eigenvalue weighted by Crippen LogP contribution is 2.38. The number of nitrogens with zero attached hydrogens (tertiary/aromatic N) is 1. The topological polar surface area (TPSA) is 60.5 Å². The molecule has 0 bridgehead atoms. The molecule has 0 spiro atoms. The van der Waals surface area contributed by atoms with E-state index in [0.29, 0.717) is 12.3 Å². The molecule has 1 heterocycles. The van der Waals surface area contributed by atoms with Gasteiger partial charge in [0.15, 0.2) is 16.6 Å². The van der Waals surface area contributed by atoms with Gasteiger partial charge >= 0.3 is 0 Å². The molecule has 1 aromatic heterocycles. The largest absolute Gasteiger partial charge is 0.415 e. The summed E-state index contributed by atoms with van der Waals surface area (Å²) in [5.41, 5.74) is 0.407. The highest BCUT2D eigenvalue weighted by atomic mass is 28.4. The van der Waals surface area contributed by atoms with Crippen LogP contribution < -0.4 is 5.32 Å². The first-order valence-electron chi connectivity index (χ1n) is 10.5. The molecule has 1 rings (SSSR count). The average Bonchev–Trinajstić information content (AvgIpc) is 2.56. The van der Waals surface area contributed by atoms with Crippen molar-refractivity contribution in [3.05, 3.63) is 30.1 Å². The van der Waals surface area contributed by atoms with E-state index in [1.165, 1.54) is 0 Å². The third kappa shape index (κ3) is 7.31. The second kappa shape index (κ2) is 9.41. The zero-order chi connectivity index (χ0) is 22.7. The van der Waals surface area contributed by atoms with E-state index in [2.05, 4.69) is 78.0 Å². The van der Waals surface area contributed by atoms with E-state index in [-0.39, 0.29) is 28.1 Å². The normalized spacial score (nSPS) is 15.7. The number of pyridine rings is 1. The zero-order valence-electron chi connectivity index (χ0n) is 20.3. The van der Waals surface area contributed by atoms with Crippen LogP contribution >= 0.6 is 0 Å². The van der Waals surface area contributed by atoms with Gasteiger partial charge < -0.3 is 14.2 Å². The quantitative estimate of drug-likeness (QED) is 0.536. The smallest absolute Gasteiger partial charge is 0.270 e. The monoisotopic (exact) mass is 438 g/mol. The van der Waals surface area contributed by atoms with Crippen molar-refractivity contribution >= 4 is 22.5 Å². The van der Waals surface area contributed by atoms with Gasteiger partial charge in [-0.2, -0.15) is 0 Å². The van der Waals surface area contributed by atoms with Crippen LogP contribution in [0.2, 0.25) is 36.3 Å². The predicted octanol–water partition coefficient (Wildman–Crippen LogP) is 5.61. The fourth-order valence-electron chi connectivity index (χ4n) is 2.27. The first-order valence-corrected chi connectivity index (χ1v) is 16.3. The summed E-state index contributed by atoms with van der Waals surface area (Å²) in [5, 5.41) is 3.32. The number of amides is 1. The lowest BCUT2D eigenvalue weighted by atomic mass is 10.2. The van der Waals surface area contributed by atoms with Crippen LogP contribution in [0.5, 0.6) is 0 Å². The number of carbonyl (C=O) groups excluding carboxylic acids is 1. The van der Waals surface area contributed by atoms with Crippen LogP contribution in [-0.2, 0) is 8.85 Å². The molecule has 7 heteroatoms. The van der Waals surface area contributed by atoms with E-state index in [4.69, 9.17) is 8.85 Å². The summed E-state index contributed by atoms with van der Waals surface area (Å²) >= 11 is 0. The number of hydrogen-bond acceptors (Lipinski definition) is 4.